The molecular weight excluding hydrogens is 218 g/mol. The summed E-state index contributed by atoms with van der Waals surface area (Å²) in [6.45, 7) is 3.97. The van der Waals surface area contributed by atoms with Gasteiger partial charge in [-0.1, -0.05) is 12.7 Å². The third-order valence-electron chi connectivity index (χ3n) is 2.17. The van der Waals surface area contributed by atoms with Crippen molar-refractivity contribution >= 4 is 5.91 Å². The highest BCUT2D eigenvalue weighted by molar-refractivity contribution is 5.94. The zero-order valence-corrected chi connectivity index (χ0v) is 10.4. The molecule has 0 aliphatic carbocycles. The lowest BCUT2D eigenvalue weighted by molar-refractivity contribution is 0.0827. The Bertz CT molecular complexity index is 413. The van der Waals surface area contributed by atoms with Crippen molar-refractivity contribution in [3.63, 3.8) is 0 Å². The summed E-state index contributed by atoms with van der Waals surface area (Å²) in [7, 11) is 4.95. The van der Waals surface area contributed by atoms with Gasteiger partial charge in [0.05, 0.1) is 7.11 Å². The van der Waals surface area contributed by atoms with Gasteiger partial charge in [0, 0.05) is 19.7 Å². The molecule has 0 fully saturated rings. The average Bonchev–Trinajstić information content (AvgIpc) is 2.35. The van der Waals surface area contributed by atoms with Gasteiger partial charge in [-0.15, -0.1) is 0 Å². The Morgan fingerprint density at radius 3 is 2.65 bits per heavy atom. The third kappa shape index (κ3) is 3.24. The number of benzene rings is 1. The fourth-order valence-corrected chi connectivity index (χ4v) is 1.33. The summed E-state index contributed by atoms with van der Waals surface area (Å²) in [5.41, 5.74) is 0.567. The Morgan fingerprint density at radius 2 is 2.12 bits per heavy atom. The minimum atomic E-state index is -0.0708. The van der Waals surface area contributed by atoms with Crippen molar-refractivity contribution in [2.45, 2.75) is 0 Å². The molecule has 4 heteroatoms. The van der Waals surface area contributed by atoms with Crippen LogP contribution in [0.25, 0.3) is 0 Å². The first-order chi connectivity index (χ1) is 8.10. The van der Waals surface area contributed by atoms with Gasteiger partial charge < -0.3 is 14.4 Å². The predicted octanol–water partition coefficient (Wildman–Crippen LogP) is 1.96. The summed E-state index contributed by atoms with van der Waals surface area (Å²) >= 11 is 0. The molecule has 0 saturated heterocycles. The highest BCUT2D eigenvalue weighted by Crippen LogP contribution is 2.28. The first kappa shape index (κ1) is 13.1. The molecule has 0 N–H and O–H groups in total. The molecule has 92 valence electrons. The van der Waals surface area contributed by atoms with Gasteiger partial charge >= 0.3 is 0 Å². The summed E-state index contributed by atoms with van der Waals surface area (Å²) in [5, 5.41) is 0. The summed E-state index contributed by atoms with van der Waals surface area (Å²) in [5.74, 6) is 1.07. The minimum absolute atomic E-state index is 0.0708. The lowest BCUT2D eigenvalue weighted by atomic mass is 10.2. The molecule has 0 radical (unpaired) electrons. The van der Waals surface area contributed by atoms with Crippen LogP contribution in [0.4, 0.5) is 0 Å². The SMILES string of the molecule is C=CCOc1ccc(C(=O)N(C)C)cc1OC. The van der Waals surface area contributed by atoms with Gasteiger partial charge in [0.25, 0.3) is 5.91 Å². The predicted molar refractivity (Wildman–Crippen MR) is 66.7 cm³/mol. The molecule has 0 bridgehead atoms. The number of hydrogen-bond acceptors (Lipinski definition) is 3. The van der Waals surface area contributed by atoms with Crippen LogP contribution in [0, 0.1) is 0 Å². The van der Waals surface area contributed by atoms with Crippen LogP contribution < -0.4 is 9.47 Å². The Kier molecular flexibility index (Phi) is 4.57. The topological polar surface area (TPSA) is 38.8 Å². The van der Waals surface area contributed by atoms with Gasteiger partial charge in [0.15, 0.2) is 11.5 Å². The molecule has 0 aliphatic rings. The minimum Gasteiger partial charge on any atom is -0.493 e. The Hall–Kier alpha value is -1.97. The largest absolute Gasteiger partial charge is 0.493 e. The summed E-state index contributed by atoms with van der Waals surface area (Å²) in [4.78, 5) is 13.3. The fourth-order valence-electron chi connectivity index (χ4n) is 1.33. The molecular formula is C13H17NO3. The molecule has 1 rings (SSSR count). The molecule has 1 aromatic carbocycles. The monoisotopic (exact) mass is 235 g/mol. The van der Waals surface area contributed by atoms with Crippen molar-refractivity contribution in [1.29, 1.82) is 0 Å². The van der Waals surface area contributed by atoms with E-state index in [1.165, 1.54) is 4.90 Å². The van der Waals surface area contributed by atoms with Gasteiger partial charge in [0.2, 0.25) is 0 Å². The highest BCUT2D eigenvalue weighted by Gasteiger charge is 2.12. The summed E-state index contributed by atoms with van der Waals surface area (Å²) in [6, 6.07) is 5.10. The maximum atomic E-state index is 11.8. The highest BCUT2D eigenvalue weighted by atomic mass is 16.5. The Labute approximate surface area is 101 Å². The van der Waals surface area contributed by atoms with E-state index < -0.39 is 0 Å². The van der Waals surface area contributed by atoms with Crippen molar-refractivity contribution in [3.8, 4) is 11.5 Å². The Morgan fingerprint density at radius 1 is 1.41 bits per heavy atom. The second-order valence-corrected chi connectivity index (χ2v) is 3.66. The maximum Gasteiger partial charge on any atom is 0.253 e. The number of nitrogens with zero attached hydrogens (tertiary/aromatic N) is 1. The molecule has 17 heavy (non-hydrogen) atoms. The van der Waals surface area contributed by atoms with E-state index in [0.717, 1.165) is 0 Å². The van der Waals surface area contributed by atoms with Crippen molar-refractivity contribution in [3.05, 3.63) is 36.4 Å². The number of carbonyl (C=O) groups excluding carboxylic acids is 1. The number of hydrogen-bond donors (Lipinski definition) is 0. The van der Waals surface area contributed by atoms with E-state index in [4.69, 9.17) is 9.47 Å². The number of ether oxygens (including phenoxy) is 2. The maximum absolute atomic E-state index is 11.8. The quantitative estimate of drug-likeness (QED) is 0.732. The zero-order valence-electron chi connectivity index (χ0n) is 10.4. The van der Waals surface area contributed by atoms with Crippen LogP contribution >= 0.6 is 0 Å². The number of amides is 1. The normalized spacial score (nSPS) is 9.59. The van der Waals surface area contributed by atoms with Gasteiger partial charge in [-0.2, -0.15) is 0 Å². The van der Waals surface area contributed by atoms with Gasteiger partial charge in [-0.3, -0.25) is 4.79 Å². The van der Waals surface area contributed by atoms with Crippen molar-refractivity contribution < 1.29 is 14.3 Å². The van der Waals surface area contributed by atoms with Crippen LogP contribution in [-0.2, 0) is 0 Å². The van der Waals surface area contributed by atoms with Crippen LogP contribution in [0.3, 0.4) is 0 Å². The molecule has 0 spiro atoms. The molecule has 1 amide bonds. The Balaban J connectivity index is 2.99. The molecule has 0 unspecified atom stereocenters. The summed E-state index contributed by atoms with van der Waals surface area (Å²) < 4.78 is 10.6. The van der Waals surface area contributed by atoms with E-state index in [2.05, 4.69) is 6.58 Å². The smallest absolute Gasteiger partial charge is 0.253 e. The first-order valence-corrected chi connectivity index (χ1v) is 5.23. The number of methoxy groups -OCH3 is 1. The van der Waals surface area contributed by atoms with E-state index >= 15 is 0 Å². The van der Waals surface area contributed by atoms with Crippen LogP contribution in [0.5, 0.6) is 11.5 Å². The molecule has 4 nitrogen and oxygen atoms in total. The van der Waals surface area contributed by atoms with Crippen molar-refractivity contribution in [1.82, 2.24) is 4.90 Å². The summed E-state index contributed by atoms with van der Waals surface area (Å²) in [6.07, 6.45) is 1.65. The molecule has 0 heterocycles. The van der Waals surface area contributed by atoms with E-state index in [9.17, 15) is 4.79 Å². The zero-order chi connectivity index (χ0) is 12.8. The molecule has 0 atom stereocenters. The molecule has 1 aromatic rings. The van der Waals surface area contributed by atoms with Crippen LogP contribution in [-0.4, -0.2) is 38.6 Å². The average molecular weight is 235 g/mol. The first-order valence-electron chi connectivity index (χ1n) is 5.23. The van der Waals surface area contributed by atoms with E-state index in [1.54, 1.807) is 45.5 Å². The third-order valence-corrected chi connectivity index (χ3v) is 2.17. The van der Waals surface area contributed by atoms with Crippen LogP contribution in [0.15, 0.2) is 30.9 Å². The second kappa shape index (κ2) is 5.94. The lowest BCUT2D eigenvalue weighted by Gasteiger charge is -2.13. The van der Waals surface area contributed by atoms with Gasteiger partial charge in [-0.05, 0) is 18.2 Å². The number of carbonyl (C=O) groups is 1. The lowest BCUT2D eigenvalue weighted by Crippen LogP contribution is -2.21. The van der Waals surface area contributed by atoms with Crippen LogP contribution in [0.1, 0.15) is 10.4 Å². The van der Waals surface area contributed by atoms with E-state index in [-0.39, 0.29) is 5.91 Å². The second-order valence-electron chi connectivity index (χ2n) is 3.66. The molecule has 0 aromatic heterocycles. The van der Waals surface area contributed by atoms with Crippen molar-refractivity contribution in [2.24, 2.45) is 0 Å². The van der Waals surface area contributed by atoms with Gasteiger partial charge in [-0.25, -0.2) is 0 Å². The van der Waals surface area contributed by atoms with Crippen LogP contribution in [0.2, 0.25) is 0 Å². The van der Waals surface area contributed by atoms with E-state index in [0.29, 0.717) is 23.7 Å². The van der Waals surface area contributed by atoms with Crippen molar-refractivity contribution in [2.75, 3.05) is 27.8 Å². The standard InChI is InChI=1S/C13H17NO3/c1-5-8-17-11-7-6-10(9-12(11)16-4)13(15)14(2)3/h5-7,9H,1,8H2,2-4H3. The molecule has 0 aliphatic heterocycles. The number of rotatable bonds is 5. The fraction of sp³-hybridized carbons (Fsp3) is 0.308. The molecule has 0 saturated carbocycles. The van der Waals surface area contributed by atoms with E-state index in [1.807, 2.05) is 0 Å². The van der Waals surface area contributed by atoms with Gasteiger partial charge in [0.1, 0.15) is 6.61 Å².